The lowest BCUT2D eigenvalue weighted by atomic mass is 9.99. The van der Waals surface area contributed by atoms with Gasteiger partial charge >= 0.3 is 0 Å². The maximum absolute atomic E-state index is 12.5. The Morgan fingerprint density at radius 1 is 1.11 bits per heavy atom. The average molecular weight is 480 g/mol. The number of aryl methyl sites for hydroxylation is 1. The summed E-state index contributed by atoms with van der Waals surface area (Å²) in [7, 11) is 0. The van der Waals surface area contributed by atoms with Crippen molar-refractivity contribution in [2.45, 2.75) is 39.7 Å². The molecule has 0 bridgehead atoms. The second kappa shape index (κ2) is 14.4. The zero-order valence-electron chi connectivity index (χ0n) is 20.4. The maximum atomic E-state index is 12.5. The maximum Gasteiger partial charge on any atom is 0.251 e. The lowest BCUT2D eigenvalue weighted by Gasteiger charge is -2.16. The molecular weight excluding hydrogens is 446 g/mol. The van der Waals surface area contributed by atoms with E-state index >= 15 is 0 Å². The van der Waals surface area contributed by atoms with Crippen LogP contribution in [0, 0.1) is 17.7 Å². The minimum Gasteiger partial charge on any atom is -0.490 e. The number of carbonyl (C=O) groups is 2. The third-order valence-corrected chi connectivity index (χ3v) is 5.24. The van der Waals surface area contributed by atoms with Crippen LogP contribution < -0.4 is 21.2 Å². The lowest BCUT2D eigenvalue weighted by molar-refractivity contribution is -0.125. The second-order valence-electron chi connectivity index (χ2n) is 8.31. The van der Waals surface area contributed by atoms with E-state index in [0.29, 0.717) is 30.8 Å². The SMILES string of the molecule is CC(/C=C/COc1ccc(C(=O)NCC(CCC(C)N)C(=O)NN=O)cc1)=Nc1ccccc1C. The van der Waals surface area contributed by atoms with E-state index in [1.54, 1.807) is 24.3 Å². The fraction of sp³-hybridized carbons (Fsp3) is 0.346. The number of nitroso groups, excluding NO2 is 1. The third kappa shape index (κ3) is 9.89. The van der Waals surface area contributed by atoms with Gasteiger partial charge in [0.25, 0.3) is 5.91 Å². The van der Waals surface area contributed by atoms with Gasteiger partial charge in [0, 0.05) is 23.9 Å². The number of nitrogens with two attached hydrogens (primary N) is 1. The molecule has 2 rings (SSSR count). The highest BCUT2D eigenvalue weighted by Gasteiger charge is 2.20. The van der Waals surface area contributed by atoms with Crippen LogP contribution in [0.25, 0.3) is 0 Å². The predicted molar refractivity (Wildman–Crippen MR) is 138 cm³/mol. The molecule has 0 spiro atoms. The van der Waals surface area contributed by atoms with Crippen molar-refractivity contribution in [2.24, 2.45) is 21.9 Å². The molecule has 0 saturated heterocycles. The number of carbonyl (C=O) groups excluding carboxylic acids is 2. The summed E-state index contributed by atoms with van der Waals surface area (Å²) in [4.78, 5) is 39.4. The summed E-state index contributed by atoms with van der Waals surface area (Å²) in [5.74, 6) is -0.866. The van der Waals surface area contributed by atoms with Gasteiger partial charge in [0.05, 0.1) is 16.9 Å². The molecule has 2 amide bonds. The highest BCUT2D eigenvalue weighted by Crippen LogP contribution is 2.17. The molecule has 0 aliphatic carbocycles. The average Bonchev–Trinajstić information content (AvgIpc) is 2.83. The minimum absolute atomic E-state index is 0.0688. The molecule has 2 atom stereocenters. The summed E-state index contributed by atoms with van der Waals surface area (Å²) in [5.41, 5.74) is 11.0. The van der Waals surface area contributed by atoms with Gasteiger partial charge in [-0.05, 0) is 81.7 Å². The van der Waals surface area contributed by atoms with Crippen LogP contribution in [0.2, 0.25) is 0 Å². The first-order valence-corrected chi connectivity index (χ1v) is 11.5. The number of allylic oxidation sites excluding steroid dienone is 1. The number of hydrogen-bond acceptors (Lipinski definition) is 7. The number of hydrogen-bond donors (Lipinski definition) is 3. The van der Waals surface area contributed by atoms with Crippen LogP contribution in [-0.2, 0) is 4.79 Å². The summed E-state index contributed by atoms with van der Waals surface area (Å²) in [6, 6.07) is 14.5. The van der Waals surface area contributed by atoms with Gasteiger partial charge in [0.1, 0.15) is 12.4 Å². The van der Waals surface area contributed by atoms with Crippen LogP contribution in [0.1, 0.15) is 42.6 Å². The highest BCUT2D eigenvalue weighted by molar-refractivity contribution is 5.95. The van der Waals surface area contributed by atoms with Gasteiger partial charge in [-0.25, -0.2) is 5.43 Å². The summed E-state index contributed by atoms with van der Waals surface area (Å²) >= 11 is 0. The molecule has 0 heterocycles. The van der Waals surface area contributed by atoms with E-state index < -0.39 is 11.8 Å². The van der Waals surface area contributed by atoms with E-state index in [4.69, 9.17) is 10.5 Å². The van der Waals surface area contributed by atoms with E-state index in [-0.39, 0.29) is 18.5 Å². The van der Waals surface area contributed by atoms with Crippen molar-refractivity contribution < 1.29 is 14.3 Å². The molecule has 0 aliphatic rings. The van der Waals surface area contributed by atoms with Crippen LogP contribution in [-0.4, -0.2) is 36.7 Å². The molecule has 0 aromatic heterocycles. The number of nitrogens with zero attached hydrogens (tertiary/aromatic N) is 2. The molecule has 2 unspecified atom stereocenters. The van der Waals surface area contributed by atoms with Crippen molar-refractivity contribution in [3.05, 3.63) is 76.7 Å². The van der Waals surface area contributed by atoms with E-state index in [1.165, 1.54) is 0 Å². The third-order valence-electron chi connectivity index (χ3n) is 5.24. The smallest absolute Gasteiger partial charge is 0.251 e. The molecule has 0 radical (unpaired) electrons. The second-order valence-corrected chi connectivity index (χ2v) is 8.31. The molecule has 4 N–H and O–H groups in total. The first kappa shape index (κ1) is 27.4. The van der Waals surface area contributed by atoms with Crippen molar-refractivity contribution in [3.8, 4) is 5.75 Å². The normalized spacial score (nSPS) is 13.2. The number of benzene rings is 2. The Kier molecular flexibility index (Phi) is 11.3. The van der Waals surface area contributed by atoms with Gasteiger partial charge < -0.3 is 15.8 Å². The molecular formula is C26H33N5O4. The number of amides is 2. The van der Waals surface area contributed by atoms with E-state index in [1.807, 2.05) is 62.6 Å². The number of para-hydroxylation sites is 1. The van der Waals surface area contributed by atoms with Crippen molar-refractivity contribution in [2.75, 3.05) is 13.2 Å². The van der Waals surface area contributed by atoms with Crippen LogP contribution >= 0.6 is 0 Å². The molecule has 0 aliphatic heterocycles. The van der Waals surface area contributed by atoms with E-state index in [2.05, 4.69) is 15.6 Å². The fourth-order valence-electron chi connectivity index (χ4n) is 3.23. The Balaban J connectivity index is 1.85. The molecule has 2 aromatic carbocycles. The molecule has 186 valence electrons. The topological polar surface area (TPSA) is 135 Å². The molecule has 2 aromatic rings. The molecule has 9 heteroatoms. The molecule has 0 saturated carbocycles. The minimum atomic E-state index is -0.602. The quantitative estimate of drug-likeness (QED) is 0.227. The van der Waals surface area contributed by atoms with E-state index in [0.717, 1.165) is 17.0 Å². The van der Waals surface area contributed by atoms with Gasteiger partial charge in [-0.2, -0.15) is 0 Å². The van der Waals surface area contributed by atoms with Crippen molar-refractivity contribution >= 4 is 23.2 Å². The number of nitrogens with one attached hydrogen (secondary N) is 2. The number of rotatable bonds is 13. The van der Waals surface area contributed by atoms with Crippen LogP contribution in [0.5, 0.6) is 5.75 Å². The summed E-state index contributed by atoms with van der Waals surface area (Å²) in [5, 5.41) is 5.14. The standard InChI is InChI=1S/C26H33N5O4/c1-18-7-4-5-9-24(18)29-20(3)8-6-16-35-23-14-12-21(13-15-23)25(32)28-17-22(11-10-19(2)27)26(33)30-31-34/h4-9,12-15,19,22H,10-11,16-17,27H2,1-3H3,(H,28,32)(H,30,33,34)/b8-6+,29-20?. The number of aliphatic imine (C=N–C) groups is 1. The van der Waals surface area contributed by atoms with Crippen LogP contribution in [0.3, 0.4) is 0 Å². The van der Waals surface area contributed by atoms with Crippen LogP contribution in [0.4, 0.5) is 5.69 Å². The Morgan fingerprint density at radius 3 is 2.49 bits per heavy atom. The van der Waals surface area contributed by atoms with Crippen molar-refractivity contribution in [3.63, 3.8) is 0 Å². The Hall–Kier alpha value is -3.85. The molecule has 35 heavy (non-hydrogen) atoms. The van der Waals surface area contributed by atoms with Crippen molar-refractivity contribution in [1.29, 1.82) is 0 Å². The summed E-state index contributed by atoms with van der Waals surface area (Å²) < 4.78 is 5.70. The first-order chi connectivity index (χ1) is 16.8. The first-order valence-electron chi connectivity index (χ1n) is 11.5. The largest absolute Gasteiger partial charge is 0.490 e. The number of ether oxygens (including phenoxy) is 1. The molecule has 0 fully saturated rings. The predicted octanol–water partition coefficient (Wildman–Crippen LogP) is 3.99. The zero-order valence-corrected chi connectivity index (χ0v) is 20.4. The van der Waals surface area contributed by atoms with Gasteiger partial charge in [0.15, 0.2) is 0 Å². The summed E-state index contributed by atoms with van der Waals surface area (Å²) in [6.07, 6.45) is 4.77. The zero-order chi connectivity index (χ0) is 25.6. The van der Waals surface area contributed by atoms with Crippen molar-refractivity contribution in [1.82, 2.24) is 10.7 Å². The monoisotopic (exact) mass is 479 g/mol. The fourth-order valence-corrected chi connectivity index (χ4v) is 3.23. The Morgan fingerprint density at radius 2 is 1.83 bits per heavy atom. The van der Waals surface area contributed by atoms with Crippen LogP contribution in [0.15, 0.2) is 71.0 Å². The Labute approximate surface area is 205 Å². The van der Waals surface area contributed by atoms with Gasteiger partial charge in [-0.3, -0.25) is 14.6 Å². The Bertz CT molecular complexity index is 1050. The van der Waals surface area contributed by atoms with Gasteiger partial charge in [0.2, 0.25) is 5.91 Å². The highest BCUT2D eigenvalue weighted by atomic mass is 16.5. The molecule has 9 nitrogen and oxygen atoms in total. The van der Waals surface area contributed by atoms with Gasteiger partial charge in [-0.15, -0.1) is 4.91 Å². The van der Waals surface area contributed by atoms with Gasteiger partial charge in [-0.1, -0.05) is 18.2 Å². The summed E-state index contributed by atoms with van der Waals surface area (Å²) in [6.45, 7) is 6.19. The lowest BCUT2D eigenvalue weighted by Crippen LogP contribution is -2.37. The van der Waals surface area contributed by atoms with E-state index in [9.17, 15) is 14.5 Å².